The minimum atomic E-state index is -4.55. The number of carbonyl (C=O) groups excluding carboxylic acids is 1. The van der Waals surface area contributed by atoms with Gasteiger partial charge in [0.15, 0.2) is 5.69 Å². The lowest BCUT2D eigenvalue weighted by Gasteiger charge is -2.40. The molecule has 0 N–H and O–H groups in total. The van der Waals surface area contributed by atoms with Crippen molar-refractivity contribution in [2.45, 2.75) is 39.5 Å². The number of rotatable bonds is 7. The third kappa shape index (κ3) is 4.82. The van der Waals surface area contributed by atoms with Crippen molar-refractivity contribution in [1.82, 2.24) is 24.6 Å². The Labute approximate surface area is 172 Å². The van der Waals surface area contributed by atoms with Gasteiger partial charge in [0.25, 0.3) is 0 Å². The molecule has 0 aliphatic carbocycles. The number of aromatic nitrogens is 4. The molecule has 11 heteroatoms. The highest BCUT2D eigenvalue weighted by molar-refractivity contribution is 5.51. The molecule has 1 atom stereocenters. The second-order valence-electron chi connectivity index (χ2n) is 7.49. The maximum Gasteiger partial charge on any atom is 0.435 e. The van der Waals surface area contributed by atoms with Crippen LogP contribution in [-0.4, -0.2) is 57.3 Å². The summed E-state index contributed by atoms with van der Waals surface area (Å²) in [6.07, 6.45) is -2.49. The molecule has 0 radical (unpaired) electrons. The third-order valence-corrected chi connectivity index (χ3v) is 4.82. The minimum Gasteiger partial charge on any atom is -0.477 e. The van der Waals surface area contributed by atoms with Gasteiger partial charge in [-0.25, -0.2) is 9.97 Å². The van der Waals surface area contributed by atoms with Crippen LogP contribution >= 0.6 is 0 Å². The maximum absolute atomic E-state index is 13.2. The molecule has 164 valence electrons. The predicted molar refractivity (Wildman–Crippen MR) is 103 cm³/mol. The van der Waals surface area contributed by atoms with Gasteiger partial charge in [-0.15, -0.1) is 0 Å². The summed E-state index contributed by atoms with van der Waals surface area (Å²) in [7, 11) is 0. The van der Waals surface area contributed by atoms with E-state index in [2.05, 4.69) is 15.1 Å². The molecule has 1 aliphatic rings. The first-order valence-corrected chi connectivity index (χ1v) is 9.78. The Bertz CT molecular complexity index is 870. The van der Waals surface area contributed by atoms with Crippen molar-refractivity contribution in [2.24, 2.45) is 5.92 Å². The molecule has 1 amide bonds. The summed E-state index contributed by atoms with van der Waals surface area (Å²) in [6.45, 7) is 7.64. The molecule has 0 saturated carbocycles. The number of alkyl halides is 3. The van der Waals surface area contributed by atoms with Crippen LogP contribution in [0.1, 0.15) is 38.2 Å². The Balaban J connectivity index is 1.87. The van der Waals surface area contributed by atoms with Gasteiger partial charge < -0.3 is 14.5 Å². The molecule has 1 aliphatic heterocycles. The Morgan fingerprint density at radius 1 is 1.27 bits per heavy atom. The molecule has 1 saturated heterocycles. The van der Waals surface area contributed by atoms with Crippen molar-refractivity contribution in [2.75, 3.05) is 31.1 Å². The number of piperazine rings is 1. The zero-order chi connectivity index (χ0) is 21.9. The molecule has 1 fully saturated rings. The average Bonchev–Trinajstić information content (AvgIpc) is 3.17. The molecule has 30 heavy (non-hydrogen) atoms. The van der Waals surface area contributed by atoms with E-state index in [0.717, 1.165) is 6.07 Å². The number of hydrogen-bond donors (Lipinski definition) is 0. The van der Waals surface area contributed by atoms with Crippen LogP contribution in [0.25, 0.3) is 0 Å². The van der Waals surface area contributed by atoms with Crippen LogP contribution in [0.15, 0.2) is 18.5 Å². The molecule has 8 nitrogen and oxygen atoms in total. The molecule has 3 heterocycles. The van der Waals surface area contributed by atoms with Crippen LogP contribution < -0.4 is 9.64 Å². The number of hydrogen-bond acceptors (Lipinski definition) is 6. The summed E-state index contributed by atoms with van der Waals surface area (Å²) < 4.78 is 46.5. The van der Waals surface area contributed by atoms with Gasteiger partial charge in [0.05, 0.1) is 18.3 Å². The lowest BCUT2D eigenvalue weighted by atomic mass is 10.1. The van der Waals surface area contributed by atoms with E-state index in [-0.39, 0.29) is 13.1 Å². The minimum absolute atomic E-state index is 0.259. The number of ether oxygens (including phenoxy) is 1. The van der Waals surface area contributed by atoms with Crippen LogP contribution in [0, 0.1) is 5.92 Å². The lowest BCUT2D eigenvalue weighted by Crippen LogP contribution is -2.48. The fraction of sp³-hybridized carbons (Fsp3) is 0.579. The number of aryl methyl sites for hydroxylation is 1. The molecule has 2 aromatic rings. The van der Waals surface area contributed by atoms with Crippen LogP contribution in [0.3, 0.4) is 0 Å². The quantitative estimate of drug-likeness (QED) is 0.634. The largest absolute Gasteiger partial charge is 0.477 e. The number of halogens is 3. The van der Waals surface area contributed by atoms with E-state index in [1.165, 1.54) is 15.9 Å². The highest BCUT2D eigenvalue weighted by atomic mass is 19.4. The first-order valence-electron chi connectivity index (χ1n) is 9.78. The van der Waals surface area contributed by atoms with Crippen molar-refractivity contribution in [1.29, 1.82) is 0 Å². The monoisotopic (exact) mass is 426 g/mol. The molecule has 0 bridgehead atoms. The van der Waals surface area contributed by atoms with E-state index < -0.39 is 17.9 Å². The highest BCUT2D eigenvalue weighted by Crippen LogP contribution is 2.33. The number of anilines is 1. The van der Waals surface area contributed by atoms with Crippen LogP contribution in [-0.2, 0) is 17.5 Å². The van der Waals surface area contributed by atoms with Crippen molar-refractivity contribution < 1.29 is 22.7 Å². The van der Waals surface area contributed by atoms with Gasteiger partial charge in [-0.3, -0.25) is 9.48 Å². The molecular formula is C19H25F3N6O2. The van der Waals surface area contributed by atoms with Gasteiger partial charge in [0, 0.05) is 32.2 Å². The summed E-state index contributed by atoms with van der Waals surface area (Å²) in [6, 6.07) is 2.13. The van der Waals surface area contributed by atoms with E-state index in [9.17, 15) is 18.0 Å². The SMILES string of the molecule is CCn1nc(C(F)(F)F)cc1C1CN(c2cc(OCC(C)C)ncn2)CCN1C=O. The van der Waals surface area contributed by atoms with Crippen LogP contribution in [0.2, 0.25) is 0 Å². The normalized spacial score (nSPS) is 17.5. The van der Waals surface area contributed by atoms with E-state index in [1.54, 1.807) is 13.0 Å². The Morgan fingerprint density at radius 2 is 2.03 bits per heavy atom. The lowest BCUT2D eigenvalue weighted by molar-refractivity contribution is -0.141. The highest BCUT2D eigenvalue weighted by Gasteiger charge is 2.38. The van der Waals surface area contributed by atoms with Crippen molar-refractivity contribution in [3.05, 3.63) is 29.8 Å². The molecule has 0 aromatic carbocycles. The van der Waals surface area contributed by atoms with Crippen LogP contribution in [0.4, 0.5) is 19.0 Å². The molecular weight excluding hydrogens is 401 g/mol. The Hall–Kier alpha value is -2.85. The number of carbonyl (C=O) groups is 1. The summed E-state index contributed by atoms with van der Waals surface area (Å²) in [4.78, 5) is 23.4. The Morgan fingerprint density at radius 3 is 2.67 bits per heavy atom. The fourth-order valence-electron chi connectivity index (χ4n) is 3.32. The standard InChI is InChI=1S/C19H25F3N6O2/c1-4-28-14(7-16(25-28)19(20,21)22)15-9-26(5-6-27(15)12-29)17-8-18(24-11-23-17)30-10-13(2)3/h7-8,11-13,15H,4-6,9-10H2,1-3H3. The van der Waals surface area contributed by atoms with E-state index in [1.807, 2.05) is 18.7 Å². The van der Waals surface area contributed by atoms with Crippen molar-refractivity contribution >= 4 is 12.2 Å². The summed E-state index contributed by atoms with van der Waals surface area (Å²) in [5.74, 6) is 1.36. The zero-order valence-electron chi connectivity index (χ0n) is 17.1. The van der Waals surface area contributed by atoms with Crippen molar-refractivity contribution in [3.8, 4) is 5.88 Å². The second kappa shape index (κ2) is 8.88. The topological polar surface area (TPSA) is 76.4 Å². The molecule has 3 rings (SSSR count). The molecule has 2 aromatic heterocycles. The fourth-order valence-corrected chi connectivity index (χ4v) is 3.32. The van der Waals surface area contributed by atoms with Crippen LogP contribution in [0.5, 0.6) is 5.88 Å². The van der Waals surface area contributed by atoms with Gasteiger partial charge in [-0.2, -0.15) is 18.3 Å². The van der Waals surface area contributed by atoms with E-state index >= 15 is 0 Å². The second-order valence-corrected chi connectivity index (χ2v) is 7.49. The first-order chi connectivity index (χ1) is 14.2. The number of nitrogens with zero attached hydrogens (tertiary/aromatic N) is 6. The molecule has 1 unspecified atom stereocenters. The molecule has 0 spiro atoms. The summed E-state index contributed by atoms with van der Waals surface area (Å²) in [5, 5.41) is 3.68. The third-order valence-electron chi connectivity index (χ3n) is 4.82. The van der Waals surface area contributed by atoms with Gasteiger partial charge in [0.1, 0.15) is 12.1 Å². The number of amides is 1. The van der Waals surface area contributed by atoms with Gasteiger partial charge in [-0.05, 0) is 18.9 Å². The first kappa shape index (κ1) is 21.8. The smallest absolute Gasteiger partial charge is 0.435 e. The average molecular weight is 426 g/mol. The zero-order valence-corrected chi connectivity index (χ0v) is 17.1. The summed E-state index contributed by atoms with van der Waals surface area (Å²) in [5.41, 5.74) is -0.624. The van der Waals surface area contributed by atoms with E-state index in [4.69, 9.17) is 4.74 Å². The van der Waals surface area contributed by atoms with Gasteiger partial charge in [-0.1, -0.05) is 13.8 Å². The van der Waals surface area contributed by atoms with E-state index in [0.29, 0.717) is 49.4 Å². The van der Waals surface area contributed by atoms with Crippen molar-refractivity contribution in [3.63, 3.8) is 0 Å². The van der Waals surface area contributed by atoms with Gasteiger partial charge in [0.2, 0.25) is 12.3 Å². The predicted octanol–water partition coefficient (Wildman–Crippen LogP) is 2.77. The van der Waals surface area contributed by atoms with Gasteiger partial charge >= 0.3 is 6.18 Å². The summed E-state index contributed by atoms with van der Waals surface area (Å²) >= 11 is 0. The Kier molecular flexibility index (Phi) is 6.47. The maximum atomic E-state index is 13.2.